The summed E-state index contributed by atoms with van der Waals surface area (Å²) in [6.07, 6.45) is 2.76. The van der Waals surface area contributed by atoms with Crippen LogP contribution < -0.4 is 14.2 Å². The molecule has 0 saturated carbocycles. The lowest BCUT2D eigenvalue weighted by molar-refractivity contribution is 0.155. The predicted octanol–water partition coefficient (Wildman–Crippen LogP) is 3.95. The number of aliphatic hydroxyl groups excluding tert-OH is 1. The van der Waals surface area contributed by atoms with Gasteiger partial charge < -0.3 is 19.3 Å². The summed E-state index contributed by atoms with van der Waals surface area (Å²) in [7, 11) is 4.94. The molecule has 1 N–H and O–H groups in total. The minimum atomic E-state index is -0.333. The Morgan fingerprint density at radius 3 is 1.84 bits per heavy atom. The third kappa shape index (κ3) is 5.40. The van der Waals surface area contributed by atoms with Crippen molar-refractivity contribution in [2.45, 2.75) is 38.7 Å². The minimum Gasteiger partial charge on any atom is -0.496 e. The molecule has 0 saturated heterocycles. The van der Waals surface area contributed by atoms with Gasteiger partial charge in [0.05, 0.1) is 27.4 Å². The SMILES string of the molecule is COc1cc(CCC(O)CCc2ccc(OC)c(OC)c2)ccc1C. The van der Waals surface area contributed by atoms with E-state index in [-0.39, 0.29) is 6.10 Å². The Bertz CT molecular complexity index is 682. The molecule has 4 nitrogen and oxygen atoms in total. The van der Waals surface area contributed by atoms with Crippen LogP contribution in [0.25, 0.3) is 0 Å². The normalized spacial score (nSPS) is 11.9. The highest BCUT2D eigenvalue weighted by atomic mass is 16.5. The first-order valence-electron chi connectivity index (χ1n) is 8.59. The van der Waals surface area contributed by atoms with Crippen molar-refractivity contribution >= 4 is 0 Å². The molecule has 0 spiro atoms. The molecule has 0 radical (unpaired) electrons. The van der Waals surface area contributed by atoms with Gasteiger partial charge in [0.2, 0.25) is 0 Å². The standard InChI is InChI=1S/C21H28O4/c1-15-5-6-16(13-20(15)24-3)7-10-18(22)11-8-17-9-12-19(23-2)21(14-17)25-4/h5-6,9,12-14,18,22H,7-8,10-11H2,1-4H3. The van der Waals surface area contributed by atoms with Crippen LogP contribution in [0.2, 0.25) is 0 Å². The first-order chi connectivity index (χ1) is 12.1. The van der Waals surface area contributed by atoms with E-state index in [1.807, 2.05) is 25.1 Å². The lowest BCUT2D eigenvalue weighted by Crippen LogP contribution is -2.09. The quantitative estimate of drug-likeness (QED) is 0.748. The minimum absolute atomic E-state index is 0.333. The van der Waals surface area contributed by atoms with E-state index in [2.05, 4.69) is 18.2 Å². The van der Waals surface area contributed by atoms with E-state index in [1.54, 1.807) is 21.3 Å². The molecule has 25 heavy (non-hydrogen) atoms. The second-order valence-electron chi connectivity index (χ2n) is 6.22. The maximum atomic E-state index is 10.3. The van der Waals surface area contributed by atoms with Gasteiger partial charge in [0.1, 0.15) is 5.75 Å². The van der Waals surface area contributed by atoms with Crippen LogP contribution in [0, 0.1) is 6.92 Å². The van der Waals surface area contributed by atoms with Crippen molar-refractivity contribution < 1.29 is 19.3 Å². The van der Waals surface area contributed by atoms with Gasteiger partial charge in [-0.05, 0) is 67.5 Å². The lowest BCUT2D eigenvalue weighted by Gasteiger charge is -2.13. The van der Waals surface area contributed by atoms with Crippen LogP contribution in [0.1, 0.15) is 29.5 Å². The van der Waals surface area contributed by atoms with Gasteiger partial charge in [0.25, 0.3) is 0 Å². The third-order valence-electron chi connectivity index (χ3n) is 4.45. The molecule has 2 aromatic rings. The number of ether oxygens (including phenoxy) is 3. The van der Waals surface area contributed by atoms with Gasteiger partial charge in [-0.25, -0.2) is 0 Å². The Labute approximate surface area is 150 Å². The molecule has 0 aliphatic carbocycles. The van der Waals surface area contributed by atoms with E-state index in [1.165, 1.54) is 5.56 Å². The number of hydrogen-bond donors (Lipinski definition) is 1. The van der Waals surface area contributed by atoms with Gasteiger partial charge >= 0.3 is 0 Å². The first kappa shape index (κ1) is 19.1. The van der Waals surface area contributed by atoms with Crippen LogP contribution >= 0.6 is 0 Å². The predicted molar refractivity (Wildman–Crippen MR) is 99.9 cm³/mol. The summed E-state index contributed by atoms with van der Waals surface area (Å²) in [6, 6.07) is 12.1. The zero-order valence-electron chi connectivity index (χ0n) is 15.5. The zero-order chi connectivity index (χ0) is 18.2. The molecular weight excluding hydrogens is 316 g/mol. The second-order valence-corrected chi connectivity index (χ2v) is 6.22. The number of benzene rings is 2. The van der Waals surface area contributed by atoms with Gasteiger partial charge in [-0.2, -0.15) is 0 Å². The summed E-state index contributed by atoms with van der Waals surface area (Å²) in [6.45, 7) is 2.03. The number of rotatable bonds is 9. The maximum absolute atomic E-state index is 10.3. The van der Waals surface area contributed by atoms with Crippen molar-refractivity contribution in [3.63, 3.8) is 0 Å². The summed E-state index contributed by atoms with van der Waals surface area (Å²) >= 11 is 0. The molecule has 2 rings (SSSR count). The largest absolute Gasteiger partial charge is 0.496 e. The van der Waals surface area contributed by atoms with E-state index in [0.717, 1.165) is 54.1 Å². The molecule has 1 atom stereocenters. The molecule has 136 valence electrons. The highest BCUT2D eigenvalue weighted by Gasteiger charge is 2.09. The summed E-state index contributed by atoms with van der Waals surface area (Å²) in [4.78, 5) is 0. The monoisotopic (exact) mass is 344 g/mol. The van der Waals surface area contributed by atoms with Gasteiger partial charge in [0.15, 0.2) is 11.5 Å². The third-order valence-corrected chi connectivity index (χ3v) is 4.45. The van der Waals surface area contributed by atoms with Crippen LogP contribution in [-0.4, -0.2) is 32.5 Å². The van der Waals surface area contributed by atoms with E-state index < -0.39 is 0 Å². The van der Waals surface area contributed by atoms with Crippen LogP contribution in [0.4, 0.5) is 0 Å². The molecule has 0 fully saturated rings. The van der Waals surface area contributed by atoms with E-state index >= 15 is 0 Å². The molecule has 0 aliphatic heterocycles. The molecule has 0 heterocycles. The Balaban J connectivity index is 1.85. The second kappa shape index (κ2) is 9.33. The van der Waals surface area contributed by atoms with E-state index in [4.69, 9.17) is 14.2 Å². The van der Waals surface area contributed by atoms with Crippen LogP contribution in [0.15, 0.2) is 36.4 Å². The van der Waals surface area contributed by atoms with Crippen molar-refractivity contribution in [3.8, 4) is 17.2 Å². The average molecular weight is 344 g/mol. The average Bonchev–Trinajstić information content (AvgIpc) is 2.65. The number of aliphatic hydroxyl groups is 1. The molecule has 0 amide bonds. The fourth-order valence-electron chi connectivity index (χ4n) is 2.87. The Morgan fingerprint density at radius 1 is 0.760 bits per heavy atom. The molecule has 4 heteroatoms. The number of aryl methyl sites for hydroxylation is 3. The van der Waals surface area contributed by atoms with Crippen LogP contribution in [0.5, 0.6) is 17.2 Å². The summed E-state index contributed by atoms with van der Waals surface area (Å²) in [5.74, 6) is 2.35. The Morgan fingerprint density at radius 2 is 1.28 bits per heavy atom. The molecule has 0 bridgehead atoms. The molecule has 0 aliphatic rings. The fourth-order valence-corrected chi connectivity index (χ4v) is 2.87. The van der Waals surface area contributed by atoms with Crippen LogP contribution in [-0.2, 0) is 12.8 Å². The summed E-state index contributed by atoms with van der Waals surface area (Å²) in [5.41, 5.74) is 3.45. The fraction of sp³-hybridized carbons (Fsp3) is 0.429. The number of hydrogen-bond acceptors (Lipinski definition) is 4. The zero-order valence-corrected chi connectivity index (χ0v) is 15.5. The van der Waals surface area contributed by atoms with E-state index in [0.29, 0.717) is 0 Å². The summed E-state index contributed by atoms with van der Waals surface area (Å²) < 4.78 is 15.9. The van der Waals surface area contributed by atoms with Crippen LogP contribution in [0.3, 0.4) is 0 Å². The molecular formula is C21H28O4. The van der Waals surface area contributed by atoms with Crippen molar-refractivity contribution in [2.75, 3.05) is 21.3 Å². The molecule has 1 unspecified atom stereocenters. The topological polar surface area (TPSA) is 47.9 Å². The van der Waals surface area contributed by atoms with Crippen molar-refractivity contribution in [2.24, 2.45) is 0 Å². The highest BCUT2D eigenvalue weighted by Crippen LogP contribution is 2.28. The lowest BCUT2D eigenvalue weighted by atomic mass is 10.00. The summed E-state index contributed by atoms with van der Waals surface area (Å²) in [5, 5.41) is 10.3. The Hall–Kier alpha value is -2.20. The van der Waals surface area contributed by atoms with Gasteiger partial charge in [-0.15, -0.1) is 0 Å². The van der Waals surface area contributed by atoms with Gasteiger partial charge in [-0.3, -0.25) is 0 Å². The molecule has 2 aromatic carbocycles. The van der Waals surface area contributed by atoms with Crippen molar-refractivity contribution in [3.05, 3.63) is 53.1 Å². The van der Waals surface area contributed by atoms with Gasteiger partial charge in [0, 0.05) is 0 Å². The smallest absolute Gasteiger partial charge is 0.160 e. The highest BCUT2D eigenvalue weighted by molar-refractivity contribution is 5.43. The van der Waals surface area contributed by atoms with Crippen molar-refractivity contribution in [1.82, 2.24) is 0 Å². The van der Waals surface area contributed by atoms with E-state index in [9.17, 15) is 5.11 Å². The Kier molecular flexibility index (Phi) is 7.14. The van der Waals surface area contributed by atoms with Crippen molar-refractivity contribution in [1.29, 1.82) is 0 Å². The molecule has 0 aromatic heterocycles. The first-order valence-corrected chi connectivity index (χ1v) is 8.59. The maximum Gasteiger partial charge on any atom is 0.160 e. The van der Waals surface area contributed by atoms with Gasteiger partial charge in [-0.1, -0.05) is 18.2 Å². The number of methoxy groups -OCH3 is 3.